The normalized spacial score (nSPS) is 16.2. The van der Waals surface area contributed by atoms with E-state index in [0.29, 0.717) is 54.4 Å². The van der Waals surface area contributed by atoms with Crippen LogP contribution in [0.1, 0.15) is 55.5 Å². The van der Waals surface area contributed by atoms with Crippen LogP contribution >= 0.6 is 11.6 Å². The van der Waals surface area contributed by atoms with Crippen molar-refractivity contribution in [3.8, 4) is 16.9 Å². The van der Waals surface area contributed by atoms with Crippen LogP contribution in [-0.2, 0) is 16.1 Å². The third-order valence-electron chi connectivity index (χ3n) is 7.51. The zero-order chi connectivity index (χ0) is 30.2. The van der Waals surface area contributed by atoms with E-state index < -0.39 is 5.97 Å². The van der Waals surface area contributed by atoms with Crippen LogP contribution in [0.15, 0.2) is 72.9 Å². The molecule has 1 aliphatic carbocycles. The molecule has 1 fully saturated rings. The molecular weight excluding hydrogens is 552 g/mol. The molecule has 1 heterocycles. The highest BCUT2D eigenvalue weighted by Crippen LogP contribution is 2.33. The maximum atomic E-state index is 14.0. The average molecular weight is 589 g/mol. The summed E-state index contributed by atoms with van der Waals surface area (Å²) >= 11 is 6.33. The molecule has 0 bridgehead atoms. The van der Waals surface area contributed by atoms with Crippen molar-refractivity contribution >= 4 is 40.1 Å². The summed E-state index contributed by atoms with van der Waals surface area (Å²) in [6, 6.07) is 20.7. The van der Waals surface area contributed by atoms with Crippen LogP contribution in [0.3, 0.4) is 0 Å². The van der Waals surface area contributed by atoms with Gasteiger partial charge in [-0.05, 0) is 84.2 Å². The number of carbonyl (C=O) groups is 2. The lowest BCUT2D eigenvalue weighted by atomic mass is 9.86. The summed E-state index contributed by atoms with van der Waals surface area (Å²) in [6.07, 6.45) is 3.77. The minimum atomic E-state index is -0.424. The lowest BCUT2D eigenvalue weighted by Gasteiger charge is -2.31. The number of aliphatic hydroxyl groups is 1. The molecule has 5 rings (SSSR count). The molecule has 1 saturated carbocycles. The Labute approximate surface area is 252 Å². The van der Waals surface area contributed by atoms with Crippen LogP contribution in [-0.4, -0.2) is 42.3 Å². The number of aliphatic hydroxyl groups excluding tert-OH is 1. The molecule has 1 N–H and O–H groups in total. The molecule has 1 amide bonds. The Balaban J connectivity index is 0.00000198. The van der Waals surface area contributed by atoms with Crippen LogP contribution in [0.2, 0.25) is 5.02 Å². The molecule has 8 heteroatoms. The lowest BCUT2D eigenvalue weighted by molar-refractivity contribution is -0.124. The molecule has 1 aromatic heterocycles. The van der Waals surface area contributed by atoms with Crippen LogP contribution in [0, 0.1) is 5.92 Å². The van der Waals surface area contributed by atoms with Gasteiger partial charge in [-0.15, -0.1) is 0 Å². The molecule has 3 aromatic carbocycles. The summed E-state index contributed by atoms with van der Waals surface area (Å²) in [5.41, 5.74) is 3.33. The molecule has 42 heavy (non-hydrogen) atoms. The largest absolute Gasteiger partial charge is 0.495 e. The number of hydrogen-bond donors (Lipinski definition) is 1. The fourth-order valence-electron chi connectivity index (χ4n) is 5.25. The minimum absolute atomic E-state index is 0.0186. The number of benzene rings is 3. The van der Waals surface area contributed by atoms with Crippen molar-refractivity contribution in [3.05, 3.63) is 89.1 Å². The lowest BCUT2D eigenvalue weighted by Crippen LogP contribution is -2.38. The first kappa shape index (κ1) is 31.0. The van der Waals surface area contributed by atoms with Crippen LogP contribution in [0.25, 0.3) is 21.9 Å². The highest BCUT2D eigenvalue weighted by molar-refractivity contribution is 6.32. The van der Waals surface area contributed by atoms with Gasteiger partial charge in [-0.1, -0.05) is 55.8 Å². The fourth-order valence-corrected chi connectivity index (χ4v) is 5.51. The number of esters is 1. The van der Waals surface area contributed by atoms with E-state index >= 15 is 0 Å². The number of anilines is 1. The summed E-state index contributed by atoms with van der Waals surface area (Å²) in [6.45, 7) is 4.33. The van der Waals surface area contributed by atoms with Gasteiger partial charge in [0.15, 0.2) is 0 Å². The molecule has 1 aliphatic rings. The van der Waals surface area contributed by atoms with Crippen LogP contribution < -0.4 is 9.64 Å². The number of carbonyl (C=O) groups excluding carboxylic acids is 2. The second-order valence-corrected chi connectivity index (χ2v) is 10.4. The summed E-state index contributed by atoms with van der Waals surface area (Å²) in [5, 5.41) is 12.1. The number of methoxy groups -OCH3 is 2. The van der Waals surface area contributed by atoms with Gasteiger partial charge in [0, 0.05) is 17.5 Å². The molecule has 0 saturated heterocycles. The topological polar surface area (TPSA) is 89.0 Å². The monoisotopic (exact) mass is 588 g/mol. The number of rotatable bonds is 7. The van der Waals surface area contributed by atoms with Gasteiger partial charge in [0.25, 0.3) is 0 Å². The Bertz CT molecular complexity index is 1530. The van der Waals surface area contributed by atoms with Gasteiger partial charge < -0.3 is 14.6 Å². The van der Waals surface area contributed by atoms with E-state index in [2.05, 4.69) is 4.98 Å². The SMILES string of the molecule is CC.COC(=O)c1ccc2c(N(Cc3ccc(-c4ccc(OC)c(Cl)c4)cc3)C(=O)C3CCC(O)CC3)nccc2c1. The summed E-state index contributed by atoms with van der Waals surface area (Å²) in [5.74, 6) is 0.515. The van der Waals surface area contributed by atoms with Crippen molar-refractivity contribution in [2.75, 3.05) is 19.1 Å². The predicted octanol–water partition coefficient (Wildman–Crippen LogP) is 7.46. The minimum Gasteiger partial charge on any atom is -0.495 e. The summed E-state index contributed by atoms with van der Waals surface area (Å²) in [7, 11) is 2.93. The van der Waals surface area contributed by atoms with E-state index in [0.717, 1.165) is 27.5 Å². The van der Waals surface area contributed by atoms with Crippen LogP contribution in [0.5, 0.6) is 5.75 Å². The number of pyridine rings is 1. The molecule has 4 aromatic rings. The Hall–Kier alpha value is -3.94. The Morgan fingerprint density at radius 2 is 1.62 bits per heavy atom. The molecule has 0 aliphatic heterocycles. The third-order valence-corrected chi connectivity index (χ3v) is 7.81. The molecule has 0 spiro atoms. The molecular formula is C34H37ClN2O5. The highest BCUT2D eigenvalue weighted by atomic mass is 35.5. The van der Waals surface area contributed by atoms with Crippen molar-refractivity contribution in [2.24, 2.45) is 5.92 Å². The first-order valence-electron chi connectivity index (χ1n) is 14.3. The number of halogens is 1. The van der Waals surface area contributed by atoms with E-state index in [4.69, 9.17) is 21.1 Å². The molecule has 7 nitrogen and oxygen atoms in total. The number of fused-ring (bicyclic) bond motifs is 1. The molecule has 0 atom stereocenters. The Kier molecular flexibility index (Phi) is 10.6. The summed E-state index contributed by atoms with van der Waals surface area (Å²) in [4.78, 5) is 32.4. The zero-order valence-electron chi connectivity index (χ0n) is 24.5. The summed E-state index contributed by atoms with van der Waals surface area (Å²) < 4.78 is 10.1. The number of amides is 1. The maximum Gasteiger partial charge on any atom is 0.337 e. The second kappa shape index (κ2) is 14.3. The second-order valence-electron chi connectivity index (χ2n) is 10.0. The number of hydrogen-bond acceptors (Lipinski definition) is 6. The van der Waals surface area contributed by atoms with Gasteiger partial charge >= 0.3 is 5.97 Å². The maximum absolute atomic E-state index is 14.0. The Morgan fingerprint density at radius 1 is 0.929 bits per heavy atom. The van der Waals surface area contributed by atoms with E-state index in [-0.39, 0.29) is 17.9 Å². The van der Waals surface area contributed by atoms with Crippen molar-refractivity contribution in [1.82, 2.24) is 4.98 Å². The van der Waals surface area contributed by atoms with Crippen molar-refractivity contribution in [1.29, 1.82) is 0 Å². The van der Waals surface area contributed by atoms with Gasteiger partial charge in [-0.2, -0.15) is 0 Å². The van der Waals surface area contributed by atoms with Gasteiger partial charge in [0.1, 0.15) is 11.6 Å². The average Bonchev–Trinajstić information content (AvgIpc) is 3.04. The van der Waals surface area contributed by atoms with Gasteiger partial charge in [0.2, 0.25) is 5.91 Å². The number of nitrogens with zero attached hydrogens (tertiary/aromatic N) is 2. The van der Waals surface area contributed by atoms with Crippen molar-refractivity contribution in [2.45, 2.75) is 52.2 Å². The molecule has 0 unspecified atom stereocenters. The fraction of sp³-hybridized carbons (Fsp3) is 0.324. The van der Waals surface area contributed by atoms with Crippen molar-refractivity contribution in [3.63, 3.8) is 0 Å². The van der Waals surface area contributed by atoms with Gasteiger partial charge in [0.05, 0.1) is 37.5 Å². The highest BCUT2D eigenvalue weighted by Gasteiger charge is 2.31. The predicted molar refractivity (Wildman–Crippen MR) is 167 cm³/mol. The van der Waals surface area contributed by atoms with Gasteiger partial charge in [-0.25, -0.2) is 9.78 Å². The standard InChI is InChI=1S/C32H31ClN2O5.C2H6/c1-39-29-14-10-23(18-28(29)33)21-5-3-20(4-6-21)19-35(31(37)22-7-11-26(36)12-8-22)30-27-13-9-25(32(38)40-2)17-24(27)15-16-34-30;1-2/h3-6,9-10,13-18,22,26,36H,7-8,11-12,19H2,1-2H3;1-2H3. The van der Waals surface area contributed by atoms with E-state index in [1.807, 2.05) is 68.4 Å². The quantitative estimate of drug-likeness (QED) is 0.225. The smallest absolute Gasteiger partial charge is 0.337 e. The van der Waals surface area contributed by atoms with E-state index in [1.165, 1.54) is 7.11 Å². The van der Waals surface area contributed by atoms with Gasteiger partial charge in [-0.3, -0.25) is 9.69 Å². The van der Waals surface area contributed by atoms with Crippen molar-refractivity contribution < 1.29 is 24.2 Å². The van der Waals surface area contributed by atoms with E-state index in [9.17, 15) is 14.7 Å². The first-order valence-corrected chi connectivity index (χ1v) is 14.6. The van der Waals surface area contributed by atoms with E-state index in [1.54, 1.807) is 30.3 Å². The Morgan fingerprint density at radius 3 is 2.26 bits per heavy atom. The number of ether oxygens (including phenoxy) is 2. The number of aromatic nitrogens is 1. The molecule has 220 valence electrons. The first-order chi connectivity index (χ1) is 20.4. The zero-order valence-corrected chi connectivity index (χ0v) is 25.2. The molecule has 0 radical (unpaired) electrons. The van der Waals surface area contributed by atoms with Crippen LogP contribution in [0.4, 0.5) is 5.82 Å². The third kappa shape index (κ3) is 6.92.